The third kappa shape index (κ3) is 3.67. The molecule has 7 nitrogen and oxygen atoms in total. The Bertz CT molecular complexity index is 698. The number of piperidine rings is 1. The molecule has 0 bridgehead atoms. The zero-order chi connectivity index (χ0) is 17.9. The number of hydrogen-bond acceptors (Lipinski definition) is 4. The first-order valence-electron chi connectivity index (χ1n) is 8.09. The molecule has 0 aliphatic carbocycles. The number of ether oxygens (including phenoxy) is 1. The van der Waals surface area contributed by atoms with Crippen LogP contribution in [0.2, 0.25) is 0 Å². The van der Waals surface area contributed by atoms with Gasteiger partial charge in [0.15, 0.2) is 0 Å². The zero-order valence-electron chi connectivity index (χ0n) is 14.5. The van der Waals surface area contributed by atoms with Crippen molar-refractivity contribution in [2.75, 3.05) is 20.2 Å². The number of rotatable bonds is 5. The maximum Gasteiger partial charge on any atom is 0.263 e. The van der Waals surface area contributed by atoms with Gasteiger partial charge in [-0.1, -0.05) is 0 Å². The van der Waals surface area contributed by atoms with Crippen molar-refractivity contribution in [2.45, 2.75) is 38.2 Å². The van der Waals surface area contributed by atoms with E-state index in [1.807, 2.05) is 6.92 Å². The number of pyridine rings is 1. The maximum atomic E-state index is 12.8. The predicted octanol–water partition coefficient (Wildman–Crippen LogP) is 0.580. The van der Waals surface area contributed by atoms with Gasteiger partial charge in [0, 0.05) is 39.4 Å². The molecule has 0 spiro atoms. The highest BCUT2D eigenvalue weighted by Gasteiger charge is 2.38. The summed E-state index contributed by atoms with van der Waals surface area (Å²) in [6.45, 7) is 2.74. The molecule has 1 aliphatic rings. The molecule has 0 unspecified atom stereocenters. The van der Waals surface area contributed by atoms with E-state index in [9.17, 15) is 14.4 Å². The summed E-state index contributed by atoms with van der Waals surface area (Å²) in [5.41, 5.74) is 5.31. The Hall–Kier alpha value is -2.15. The van der Waals surface area contributed by atoms with Crippen LogP contribution in [0, 0.1) is 6.92 Å². The Kier molecular flexibility index (Phi) is 5.43. The lowest BCUT2D eigenvalue weighted by Crippen LogP contribution is -2.52. The molecule has 1 aromatic rings. The van der Waals surface area contributed by atoms with Crippen molar-refractivity contribution in [1.82, 2.24) is 9.47 Å². The summed E-state index contributed by atoms with van der Waals surface area (Å²) in [4.78, 5) is 37.9. The molecular weight excluding hydrogens is 310 g/mol. The summed E-state index contributed by atoms with van der Waals surface area (Å²) in [5, 5.41) is 0. The van der Waals surface area contributed by atoms with Crippen molar-refractivity contribution in [3.05, 3.63) is 33.7 Å². The third-order valence-corrected chi connectivity index (χ3v) is 4.87. The van der Waals surface area contributed by atoms with Crippen LogP contribution in [0.1, 0.15) is 41.7 Å². The van der Waals surface area contributed by atoms with E-state index in [1.165, 1.54) is 4.57 Å². The number of nitrogens with two attached hydrogens (primary N) is 1. The fourth-order valence-electron chi connectivity index (χ4n) is 3.16. The predicted molar refractivity (Wildman–Crippen MR) is 89.7 cm³/mol. The summed E-state index contributed by atoms with van der Waals surface area (Å²) >= 11 is 0. The van der Waals surface area contributed by atoms with Gasteiger partial charge in [-0.05, 0) is 38.3 Å². The average Bonchev–Trinajstić information content (AvgIpc) is 2.58. The number of carbonyl (C=O) groups is 2. The van der Waals surface area contributed by atoms with E-state index in [0.29, 0.717) is 19.5 Å². The lowest BCUT2D eigenvalue weighted by atomic mass is 9.87. The molecule has 2 heterocycles. The number of primary amides is 1. The van der Waals surface area contributed by atoms with E-state index in [-0.39, 0.29) is 29.4 Å². The van der Waals surface area contributed by atoms with E-state index in [2.05, 4.69) is 0 Å². The second kappa shape index (κ2) is 7.17. The highest BCUT2D eigenvalue weighted by molar-refractivity contribution is 5.94. The van der Waals surface area contributed by atoms with Gasteiger partial charge in [0.1, 0.15) is 5.56 Å². The average molecular weight is 335 g/mol. The molecule has 1 fully saturated rings. The van der Waals surface area contributed by atoms with E-state index in [0.717, 1.165) is 18.5 Å². The SMILES string of the molecule is CO[C@@]1(CCC(N)=O)CCCN(C(=O)c2ccc(C)n(C)c2=O)C1. The quantitative estimate of drug-likeness (QED) is 0.851. The molecule has 2 rings (SSSR count). The van der Waals surface area contributed by atoms with Crippen LogP contribution in [-0.4, -0.2) is 47.1 Å². The first-order valence-corrected chi connectivity index (χ1v) is 8.09. The van der Waals surface area contributed by atoms with Crippen LogP contribution in [0.4, 0.5) is 0 Å². The molecule has 0 aromatic carbocycles. The van der Waals surface area contributed by atoms with Crippen LogP contribution in [0.5, 0.6) is 0 Å². The van der Waals surface area contributed by atoms with E-state index >= 15 is 0 Å². The summed E-state index contributed by atoms with van der Waals surface area (Å²) < 4.78 is 7.10. The van der Waals surface area contributed by atoms with Gasteiger partial charge in [0.25, 0.3) is 11.5 Å². The molecule has 132 valence electrons. The Morgan fingerprint density at radius 1 is 1.38 bits per heavy atom. The fraction of sp³-hybridized carbons (Fsp3) is 0.588. The van der Waals surface area contributed by atoms with Gasteiger partial charge in [-0.25, -0.2) is 0 Å². The normalized spacial score (nSPS) is 20.9. The summed E-state index contributed by atoms with van der Waals surface area (Å²) in [7, 11) is 3.23. The van der Waals surface area contributed by atoms with Crippen molar-refractivity contribution >= 4 is 11.8 Å². The Labute approximate surface area is 141 Å². The minimum atomic E-state index is -0.584. The molecule has 2 amide bonds. The van der Waals surface area contributed by atoms with Crippen molar-refractivity contribution < 1.29 is 14.3 Å². The standard InChI is InChI=1S/C17H25N3O4/c1-12-5-6-13(15(22)19(12)2)16(23)20-10-4-8-17(11-20,24-3)9-7-14(18)21/h5-6H,4,7-11H2,1-3H3,(H2,18,21)/t17-/m1/s1. The smallest absolute Gasteiger partial charge is 0.263 e. The first kappa shape index (κ1) is 18.2. The maximum absolute atomic E-state index is 12.8. The van der Waals surface area contributed by atoms with Crippen LogP contribution < -0.4 is 11.3 Å². The number of methoxy groups -OCH3 is 1. The Balaban J connectivity index is 2.22. The number of aromatic nitrogens is 1. The molecule has 0 saturated carbocycles. The topological polar surface area (TPSA) is 94.6 Å². The highest BCUT2D eigenvalue weighted by atomic mass is 16.5. The van der Waals surface area contributed by atoms with Crippen LogP contribution >= 0.6 is 0 Å². The molecule has 1 aliphatic heterocycles. The molecule has 24 heavy (non-hydrogen) atoms. The van der Waals surface area contributed by atoms with Crippen LogP contribution in [-0.2, 0) is 16.6 Å². The Morgan fingerprint density at radius 3 is 2.71 bits per heavy atom. The van der Waals surface area contributed by atoms with Crippen molar-refractivity contribution in [3.8, 4) is 0 Å². The third-order valence-electron chi connectivity index (χ3n) is 4.87. The first-order chi connectivity index (χ1) is 11.3. The summed E-state index contributed by atoms with van der Waals surface area (Å²) in [6.07, 6.45) is 2.19. The number of carbonyl (C=O) groups excluding carboxylic acids is 2. The monoisotopic (exact) mass is 335 g/mol. The zero-order valence-corrected chi connectivity index (χ0v) is 14.5. The lowest BCUT2D eigenvalue weighted by Gasteiger charge is -2.41. The van der Waals surface area contributed by atoms with Crippen molar-refractivity contribution in [3.63, 3.8) is 0 Å². The highest BCUT2D eigenvalue weighted by Crippen LogP contribution is 2.29. The molecule has 1 aromatic heterocycles. The number of amides is 2. The van der Waals surface area contributed by atoms with Crippen LogP contribution in [0.15, 0.2) is 16.9 Å². The van der Waals surface area contributed by atoms with Crippen molar-refractivity contribution in [1.29, 1.82) is 0 Å². The fourth-order valence-corrected chi connectivity index (χ4v) is 3.16. The van der Waals surface area contributed by atoms with Crippen LogP contribution in [0.3, 0.4) is 0 Å². The minimum Gasteiger partial charge on any atom is -0.376 e. The summed E-state index contributed by atoms with van der Waals surface area (Å²) in [5.74, 6) is -0.682. The number of nitrogens with zero attached hydrogens (tertiary/aromatic N) is 2. The van der Waals surface area contributed by atoms with Gasteiger partial charge in [0.2, 0.25) is 5.91 Å². The molecule has 0 radical (unpaired) electrons. The van der Waals surface area contributed by atoms with Gasteiger partial charge >= 0.3 is 0 Å². The second-order valence-electron chi connectivity index (χ2n) is 6.44. The van der Waals surface area contributed by atoms with E-state index < -0.39 is 5.60 Å². The molecular formula is C17H25N3O4. The Morgan fingerprint density at radius 2 is 2.08 bits per heavy atom. The van der Waals surface area contributed by atoms with E-state index in [1.54, 1.807) is 31.2 Å². The van der Waals surface area contributed by atoms with Gasteiger partial charge in [-0.3, -0.25) is 14.4 Å². The molecule has 1 atom stereocenters. The molecule has 7 heteroatoms. The molecule has 2 N–H and O–H groups in total. The van der Waals surface area contributed by atoms with Gasteiger partial charge in [0.05, 0.1) is 5.60 Å². The van der Waals surface area contributed by atoms with Crippen LogP contribution in [0.25, 0.3) is 0 Å². The number of likely N-dealkylation sites (tertiary alicyclic amines) is 1. The minimum absolute atomic E-state index is 0.157. The van der Waals surface area contributed by atoms with Gasteiger partial charge in [-0.15, -0.1) is 0 Å². The van der Waals surface area contributed by atoms with E-state index in [4.69, 9.17) is 10.5 Å². The number of hydrogen-bond donors (Lipinski definition) is 1. The summed E-state index contributed by atoms with van der Waals surface area (Å²) in [6, 6.07) is 3.34. The van der Waals surface area contributed by atoms with Gasteiger partial charge in [-0.2, -0.15) is 0 Å². The van der Waals surface area contributed by atoms with Crippen molar-refractivity contribution in [2.24, 2.45) is 12.8 Å². The van der Waals surface area contributed by atoms with Gasteiger partial charge < -0.3 is 19.9 Å². The lowest BCUT2D eigenvalue weighted by molar-refractivity contribution is -0.121. The molecule has 1 saturated heterocycles. The second-order valence-corrected chi connectivity index (χ2v) is 6.44. The largest absolute Gasteiger partial charge is 0.376 e. The number of aryl methyl sites for hydroxylation is 1.